The van der Waals surface area contributed by atoms with Crippen molar-refractivity contribution in [2.75, 3.05) is 13.7 Å². The topological polar surface area (TPSA) is 95.9 Å². The van der Waals surface area contributed by atoms with Crippen LogP contribution in [0.15, 0.2) is 48.5 Å². The first kappa shape index (κ1) is 20.9. The number of fused-ring (bicyclic) bond motifs is 3. The molecular weight excluding hydrogens is 396 g/mol. The summed E-state index contributed by atoms with van der Waals surface area (Å²) in [6.07, 6.45) is 0.103. The van der Waals surface area contributed by atoms with Crippen LogP contribution in [0, 0.1) is 0 Å². The number of nitrogens with one attached hydrogen (secondary N) is 1. The number of alkyl carbamates (subject to hydrolysis) is 1. The molecule has 0 saturated heterocycles. The predicted molar refractivity (Wildman–Crippen MR) is 115 cm³/mol. The van der Waals surface area contributed by atoms with E-state index < -0.39 is 29.0 Å². The zero-order chi connectivity index (χ0) is 22.4. The van der Waals surface area contributed by atoms with Crippen LogP contribution in [0.25, 0.3) is 11.1 Å². The molecule has 7 heteroatoms. The van der Waals surface area contributed by atoms with Crippen molar-refractivity contribution in [3.8, 4) is 11.1 Å². The lowest BCUT2D eigenvalue weighted by Crippen LogP contribution is -2.59. The average molecular weight is 422 g/mol. The second-order valence-corrected chi connectivity index (χ2v) is 8.78. The summed E-state index contributed by atoms with van der Waals surface area (Å²) in [4.78, 5) is 38.2. The highest BCUT2D eigenvalue weighted by molar-refractivity contribution is 5.95. The van der Waals surface area contributed by atoms with Gasteiger partial charge in [-0.2, -0.15) is 0 Å². The van der Waals surface area contributed by atoms with E-state index in [4.69, 9.17) is 4.74 Å². The standard InChI is InChI=1S/C24H26N2O5/c1-23(2,20(27)26(3)24(12-13-24)21(28)29)25-22(30)31-14-19-17-10-6-4-8-15(17)16-9-5-7-11-18(16)19/h4-11,19H,12-14H2,1-3H3,(H,25,30)(H,28,29). The maximum Gasteiger partial charge on any atom is 0.408 e. The Balaban J connectivity index is 1.43. The molecule has 2 aliphatic rings. The van der Waals surface area contributed by atoms with Crippen molar-refractivity contribution in [3.05, 3.63) is 59.7 Å². The summed E-state index contributed by atoms with van der Waals surface area (Å²) in [5.74, 6) is -1.58. The molecule has 2 aromatic rings. The van der Waals surface area contributed by atoms with E-state index in [0.717, 1.165) is 22.3 Å². The molecular formula is C24H26N2O5. The molecule has 2 aliphatic carbocycles. The number of likely N-dealkylation sites (N-methyl/N-ethyl adjacent to an activating group) is 1. The van der Waals surface area contributed by atoms with Gasteiger partial charge in [0.15, 0.2) is 0 Å². The lowest BCUT2D eigenvalue weighted by Gasteiger charge is -2.33. The van der Waals surface area contributed by atoms with E-state index >= 15 is 0 Å². The molecule has 0 bridgehead atoms. The molecule has 162 valence electrons. The minimum atomic E-state index is -1.30. The van der Waals surface area contributed by atoms with Crippen LogP contribution in [-0.2, 0) is 14.3 Å². The highest BCUT2D eigenvalue weighted by atomic mass is 16.5. The van der Waals surface area contributed by atoms with Gasteiger partial charge in [0.25, 0.3) is 0 Å². The van der Waals surface area contributed by atoms with Gasteiger partial charge in [-0.05, 0) is 48.9 Å². The van der Waals surface area contributed by atoms with Crippen LogP contribution >= 0.6 is 0 Å². The van der Waals surface area contributed by atoms with Crippen LogP contribution in [0.1, 0.15) is 43.7 Å². The molecule has 0 atom stereocenters. The van der Waals surface area contributed by atoms with E-state index in [0.29, 0.717) is 12.8 Å². The Bertz CT molecular complexity index is 1010. The van der Waals surface area contributed by atoms with Crippen molar-refractivity contribution in [1.82, 2.24) is 10.2 Å². The van der Waals surface area contributed by atoms with Crippen LogP contribution in [-0.4, -0.2) is 52.7 Å². The number of carbonyl (C=O) groups excluding carboxylic acids is 2. The number of amides is 2. The summed E-state index contributed by atoms with van der Waals surface area (Å²) >= 11 is 0. The summed E-state index contributed by atoms with van der Waals surface area (Å²) in [5.41, 5.74) is 1.99. The van der Waals surface area contributed by atoms with Gasteiger partial charge < -0.3 is 20.1 Å². The molecule has 2 aromatic carbocycles. The van der Waals surface area contributed by atoms with Crippen molar-refractivity contribution in [2.45, 2.75) is 43.7 Å². The van der Waals surface area contributed by atoms with E-state index in [1.165, 1.54) is 11.9 Å². The quantitative estimate of drug-likeness (QED) is 0.744. The zero-order valence-electron chi connectivity index (χ0n) is 17.8. The van der Waals surface area contributed by atoms with Crippen LogP contribution < -0.4 is 5.32 Å². The highest BCUT2D eigenvalue weighted by Gasteiger charge is 2.57. The number of nitrogens with zero attached hydrogens (tertiary/aromatic N) is 1. The Hall–Kier alpha value is -3.35. The fourth-order valence-electron chi connectivity index (χ4n) is 4.37. The number of ether oxygens (including phenoxy) is 1. The smallest absolute Gasteiger partial charge is 0.408 e. The third-order valence-electron chi connectivity index (χ3n) is 6.36. The number of carboxylic acid groups (broad SMARTS) is 1. The van der Waals surface area contributed by atoms with Gasteiger partial charge in [-0.1, -0.05) is 48.5 Å². The molecule has 2 N–H and O–H groups in total. The number of carboxylic acids is 1. The summed E-state index contributed by atoms with van der Waals surface area (Å²) in [5, 5.41) is 12.0. The zero-order valence-corrected chi connectivity index (χ0v) is 17.8. The third-order valence-corrected chi connectivity index (χ3v) is 6.36. The van der Waals surface area contributed by atoms with Gasteiger partial charge >= 0.3 is 12.1 Å². The number of benzene rings is 2. The Morgan fingerprint density at radius 3 is 2.06 bits per heavy atom. The van der Waals surface area contributed by atoms with E-state index in [1.54, 1.807) is 13.8 Å². The maximum atomic E-state index is 12.9. The summed E-state index contributed by atoms with van der Waals surface area (Å²) in [6.45, 7) is 3.23. The highest BCUT2D eigenvalue weighted by Crippen LogP contribution is 2.44. The van der Waals surface area contributed by atoms with Gasteiger partial charge in [0, 0.05) is 13.0 Å². The van der Waals surface area contributed by atoms with Gasteiger partial charge in [0.05, 0.1) is 0 Å². The Labute approximate surface area is 181 Å². The molecule has 1 fully saturated rings. The van der Waals surface area contributed by atoms with Crippen molar-refractivity contribution >= 4 is 18.0 Å². The number of carbonyl (C=O) groups is 3. The predicted octanol–water partition coefficient (Wildman–Crippen LogP) is 3.38. The molecule has 4 rings (SSSR count). The second-order valence-electron chi connectivity index (χ2n) is 8.78. The average Bonchev–Trinajstić information content (AvgIpc) is 3.50. The monoisotopic (exact) mass is 422 g/mol. The second kappa shape index (κ2) is 7.41. The number of hydrogen-bond donors (Lipinski definition) is 2. The summed E-state index contributed by atoms with van der Waals surface area (Å²) in [6, 6.07) is 16.1. The van der Waals surface area contributed by atoms with Gasteiger partial charge in [-0.15, -0.1) is 0 Å². The van der Waals surface area contributed by atoms with Crippen molar-refractivity contribution in [1.29, 1.82) is 0 Å². The third kappa shape index (κ3) is 3.54. The fraction of sp³-hybridized carbons (Fsp3) is 0.375. The molecule has 0 spiro atoms. The Kier molecular flexibility index (Phi) is 5.00. The first-order valence-corrected chi connectivity index (χ1v) is 10.3. The Morgan fingerprint density at radius 2 is 1.58 bits per heavy atom. The fourth-order valence-corrected chi connectivity index (χ4v) is 4.37. The Morgan fingerprint density at radius 1 is 1.06 bits per heavy atom. The molecule has 7 nitrogen and oxygen atoms in total. The number of rotatable bonds is 6. The molecule has 1 saturated carbocycles. The lowest BCUT2D eigenvalue weighted by atomic mass is 9.98. The van der Waals surface area contributed by atoms with E-state index in [-0.39, 0.29) is 12.5 Å². The largest absolute Gasteiger partial charge is 0.479 e. The molecule has 0 radical (unpaired) electrons. The molecule has 2 amide bonds. The minimum absolute atomic E-state index is 0.0821. The molecule has 31 heavy (non-hydrogen) atoms. The van der Waals surface area contributed by atoms with Gasteiger partial charge in [-0.25, -0.2) is 9.59 Å². The molecule has 0 heterocycles. The molecule has 0 unspecified atom stereocenters. The summed E-state index contributed by atoms with van der Waals surface area (Å²) < 4.78 is 5.52. The first-order valence-electron chi connectivity index (χ1n) is 10.3. The number of aliphatic carboxylic acids is 1. The van der Waals surface area contributed by atoms with Crippen molar-refractivity contribution < 1.29 is 24.2 Å². The SMILES string of the molecule is CN(C(=O)C(C)(C)NC(=O)OCC1c2ccccc2-c2ccccc21)C1(C(=O)O)CC1. The number of hydrogen-bond acceptors (Lipinski definition) is 4. The van der Waals surface area contributed by atoms with Crippen LogP contribution in [0.2, 0.25) is 0 Å². The lowest BCUT2D eigenvalue weighted by molar-refractivity contribution is -0.153. The maximum absolute atomic E-state index is 12.9. The minimum Gasteiger partial charge on any atom is -0.479 e. The summed E-state index contributed by atoms with van der Waals surface area (Å²) in [7, 11) is 1.46. The van der Waals surface area contributed by atoms with E-state index in [2.05, 4.69) is 17.4 Å². The molecule has 0 aromatic heterocycles. The van der Waals surface area contributed by atoms with Crippen molar-refractivity contribution in [2.24, 2.45) is 0 Å². The van der Waals surface area contributed by atoms with Gasteiger partial charge in [0.2, 0.25) is 5.91 Å². The van der Waals surface area contributed by atoms with Gasteiger partial charge in [-0.3, -0.25) is 4.79 Å². The van der Waals surface area contributed by atoms with Crippen LogP contribution in [0.5, 0.6) is 0 Å². The van der Waals surface area contributed by atoms with Crippen LogP contribution in [0.3, 0.4) is 0 Å². The normalized spacial score (nSPS) is 16.1. The van der Waals surface area contributed by atoms with Crippen molar-refractivity contribution in [3.63, 3.8) is 0 Å². The van der Waals surface area contributed by atoms with E-state index in [9.17, 15) is 19.5 Å². The van der Waals surface area contributed by atoms with Gasteiger partial charge in [0.1, 0.15) is 17.7 Å². The van der Waals surface area contributed by atoms with E-state index in [1.807, 2.05) is 36.4 Å². The first-order chi connectivity index (χ1) is 14.7. The van der Waals surface area contributed by atoms with Crippen LogP contribution in [0.4, 0.5) is 4.79 Å². The molecule has 0 aliphatic heterocycles.